The minimum Gasteiger partial charge on any atom is -0.497 e. The summed E-state index contributed by atoms with van der Waals surface area (Å²) in [5, 5.41) is 0. The zero-order valence-corrected chi connectivity index (χ0v) is 15.4. The Morgan fingerprint density at radius 2 is 1.86 bits per heavy atom. The van der Waals surface area contributed by atoms with Crippen molar-refractivity contribution in [3.63, 3.8) is 0 Å². The van der Waals surface area contributed by atoms with Crippen molar-refractivity contribution >= 4 is 5.57 Å². The van der Waals surface area contributed by atoms with Crippen LogP contribution in [0.4, 0.5) is 0 Å². The largest absolute Gasteiger partial charge is 0.497 e. The van der Waals surface area contributed by atoms with Gasteiger partial charge in [0, 0.05) is 12.6 Å². The van der Waals surface area contributed by atoms with Crippen molar-refractivity contribution < 1.29 is 4.74 Å². The van der Waals surface area contributed by atoms with Crippen LogP contribution >= 0.6 is 0 Å². The van der Waals surface area contributed by atoms with Gasteiger partial charge in [-0.2, -0.15) is 0 Å². The van der Waals surface area contributed by atoms with Gasteiger partial charge < -0.3 is 4.74 Å². The van der Waals surface area contributed by atoms with E-state index in [-0.39, 0.29) is 0 Å². The molecule has 22 heavy (non-hydrogen) atoms. The minimum absolute atomic E-state index is 0.645. The molecule has 2 bridgehead atoms. The summed E-state index contributed by atoms with van der Waals surface area (Å²) in [6.07, 6.45) is 3.81. The summed E-state index contributed by atoms with van der Waals surface area (Å²) in [6, 6.07) is 7.07. The fourth-order valence-electron chi connectivity index (χ4n) is 3.45. The van der Waals surface area contributed by atoms with E-state index in [9.17, 15) is 0 Å². The number of hydrogen-bond acceptors (Lipinski definition) is 2. The maximum absolute atomic E-state index is 5.29. The molecule has 0 N–H and O–H groups in total. The Morgan fingerprint density at radius 1 is 1.18 bits per heavy atom. The van der Waals surface area contributed by atoms with Crippen LogP contribution in [-0.4, -0.2) is 31.1 Å². The quantitative estimate of drug-likeness (QED) is 0.764. The molecule has 2 nitrogen and oxygen atoms in total. The van der Waals surface area contributed by atoms with E-state index >= 15 is 0 Å². The first kappa shape index (κ1) is 18.8. The second-order valence-corrected chi connectivity index (χ2v) is 5.40. The molecule has 2 atom stereocenters. The highest BCUT2D eigenvalue weighted by atomic mass is 16.5. The van der Waals surface area contributed by atoms with Crippen molar-refractivity contribution in [2.24, 2.45) is 5.92 Å². The number of methoxy groups -OCH3 is 1. The lowest BCUT2D eigenvalue weighted by Gasteiger charge is -2.27. The number of likely N-dealkylation sites (tertiary alicyclic amines) is 1. The summed E-state index contributed by atoms with van der Waals surface area (Å²) in [4.78, 5) is 2.60. The van der Waals surface area contributed by atoms with Crippen LogP contribution in [0.5, 0.6) is 5.75 Å². The van der Waals surface area contributed by atoms with Crippen molar-refractivity contribution in [2.75, 3.05) is 20.2 Å². The molecule has 2 aliphatic rings. The number of fused-ring (bicyclic) bond motifs is 2. The third-order valence-corrected chi connectivity index (χ3v) is 4.36. The zero-order valence-electron chi connectivity index (χ0n) is 15.4. The fourth-order valence-corrected chi connectivity index (χ4v) is 3.45. The van der Waals surface area contributed by atoms with E-state index in [1.54, 1.807) is 7.11 Å². The van der Waals surface area contributed by atoms with Crippen LogP contribution in [0, 0.1) is 12.8 Å². The zero-order chi connectivity index (χ0) is 16.7. The van der Waals surface area contributed by atoms with Gasteiger partial charge in [-0.15, -0.1) is 0 Å². The summed E-state index contributed by atoms with van der Waals surface area (Å²) in [6.45, 7) is 14.9. The van der Waals surface area contributed by atoms with Crippen LogP contribution in [-0.2, 0) is 0 Å². The van der Waals surface area contributed by atoms with Crippen molar-refractivity contribution in [2.45, 2.75) is 54.0 Å². The molecule has 1 heterocycles. The maximum atomic E-state index is 5.29. The molecular weight excluding hydrogens is 270 g/mol. The smallest absolute Gasteiger partial charge is 0.119 e. The molecule has 1 fully saturated rings. The molecule has 0 spiro atoms. The molecule has 0 saturated carbocycles. The highest BCUT2D eigenvalue weighted by molar-refractivity contribution is 5.75. The Hall–Kier alpha value is -1.28. The van der Waals surface area contributed by atoms with Gasteiger partial charge in [-0.25, -0.2) is 0 Å². The lowest BCUT2D eigenvalue weighted by atomic mass is 9.96. The van der Waals surface area contributed by atoms with E-state index in [1.165, 1.54) is 29.7 Å². The number of likely N-dealkylation sites (N-methyl/N-ethyl adjacent to an activating group) is 1. The second-order valence-electron chi connectivity index (χ2n) is 5.40. The normalized spacial score (nSPS) is 22.2. The van der Waals surface area contributed by atoms with Gasteiger partial charge in [0.2, 0.25) is 0 Å². The summed E-state index contributed by atoms with van der Waals surface area (Å²) in [5.41, 5.74) is 4.26. The van der Waals surface area contributed by atoms with Crippen molar-refractivity contribution in [3.8, 4) is 5.75 Å². The van der Waals surface area contributed by atoms with Gasteiger partial charge in [-0.1, -0.05) is 46.8 Å². The molecule has 1 aliphatic heterocycles. The van der Waals surface area contributed by atoms with Gasteiger partial charge in [0.1, 0.15) is 5.75 Å². The van der Waals surface area contributed by atoms with Gasteiger partial charge in [0.25, 0.3) is 0 Å². The SMILES string of the molecule is CC.CC.CCN1CC2C=C(c3ccc(OC)cc3C)C1C2. The van der Waals surface area contributed by atoms with E-state index in [4.69, 9.17) is 4.74 Å². The average molecular weight is 303 g/mol. The lowest BCUT2D eigenvalue weighted by Crippen LogP contribution is -2.32. The number of nitrogens with zero attached hydrogens (tertiary/aromatic N) is 1. The Labute approximate surface area is 137 Å². The first-order valence-electron chi connectivity index (χ1n) is 8.83. The van der Waals surface area contributed by atoms with E-state index in [0.29, 0.717) is 6.04 Å². The fraction of sp³-hybridized carbons (Fsp3) is 0.600. The van der Waals surface area contributed by atoms with Crippen molar-refractivity contribution in [1.82, 2.24) is 4.90 Å². The minimum atomic E-state index is 0.645. The Kier molecular flexibility index (Phi) is 7.67. The topological polar surface area (TPSA) is 12.5 Å². The van der Waals surface area contributed by atoms with Crippen LogP contribution in [0.25, 0.3) is 5.57 Å². The maximum Gasteiger partial charge on any atom is 0.119 e. The van der Waals surface area contributed by atoms with Crippen LogP contribution < -0.4 is 4.74 Å². The highest BCUT2D eigenvalue weighted by Gasteiger charge is 2.38. The molecule has 1 aromatic carbocycles. The van der Waals surface area contributed by atoms with Gasteiger partial charge in [0.05, 0.1) is 7.11 Å². The Balaban J connectivity index is 0.000000561. The standard InChI is InChI=1S/C16H21NO.2C2H6/c1-4-17-10-12-8-15(16(17)9-12)14-6-5-13(18-3)7-11(14)2;2*1-2/h5-8,12,16H,4,9-10H2,1-3H3;2*1-2H3. The molecular formula is C20H33NO. The van der Waals surface area contributed by atoms with Gasteiger partial charge in [-0.3, -0.25) is 4.90 Å². The molecule has 124 valence electrons. The molecule has 3 rings (SSSR count). The molecule has 0 aromatic heterocycles. The third-order valence-electron chi connectivity index (χ3n) is 4.36. The summed E-state index contributed by atoms with van der Waals surface area (Å²) in [7, 11) is 1.73. The molecule has 2 unspecified atom stereocenters. The molecule has 0 amide bonds. The van der Waals surface area contributed by atoms with Gasteiger partial charge >= 0.3 is 0 Å². The van der Waals surface area contributed by atoms with E-state index in [2.05, 4.69) is 43.0 Å². The van der Waals surface area contributed by atoms with Crippen LogP contribution in [0.3, 0.4) is 0 Å². The predicted octanol–water partition coefficient (Wildman–Crippen LogP) is 5.16. The van der Waals surface area contributed by atoms with E-state index in [0.717, 1.165) is 18.2 Å². The van der Waals surface area contributed by atoms with Crippen molar-refractivity contribution in [1.29, 1.82) is 0 Å². The summed E-state index contributed by atoms with van der Waals surface area (Å²) >= 11 is 0. The highest BCUT2D eigenvalue weighted by Crippen LogP contribution is 2.42. The molecule has 1 aromatic rings. The molecule has 0 radical (unpaired) electrons. The number of hydrogen-bond donors (Lipinski definition) is 0. The molecule has 2 heteroatoms. The monoisotopic (exact) mass is 303 g/mol. The van der Waals surface area contributed by atoms with Crippen molar-refractivity contribution in [3.05, 3.63) is 35.4 Å². The van der Waals surface area contributed by atoms with Crippen LogP contribution in [0.15, 0.2) is 24.3 Å². The summed E-state index contributed by atoms with van der Waals surface area (Å²) in [5.74, 6) is 1.72. The Bertz CT molecular complexity index is 492. The first-order chi connectivity index (χ1) is 10.7. The lowest BCUT2D eigenvalue weighted by molar-refractivity contribution is 0.302. The molecule has 1 saturated heterocycles. The Morgan fingerprint density at radius 3 is 2.36 bits per heavy atom. The molecule has 1 aliphatic carbocycles. The van der Waals surface area contributed by atoms with Crippen LogP contribution in [0.2, 0.25) is 0 Å². The predicted molar refractivity (Wildman–Crippen MR) is 97.5 cm³/mol. The second kappa shape index (κ2) is 8.99. The van der Waals surface area contributed by atoms with E-state index < -0.39 is 0 Å². The summed E-state index contributed by atoms with van der Waals surface area (Å²) < 4.78 is 5.29. The third kappa shape index (κ3) is 3.73. The van der Waals surface area contributed by atoms with Crippen LogP contribution in [0.1, 0.15) is 52.2 Å². The van der Waals surface area contributed by atoms with Gasteiger partial charge in [-0.05, 0) is 54.6 Å². The number of rotatable bonds is 3. The average Bonchev–Trinajstić information content (AvgIpc) is 3.18. The first-order valence-corrected chi connectivity index (χ1v) is 8.83. The van der Waals surface area contributed by atoms with Gasteiger partial charge in [0.15, 0.2) is 0 Å². The van der Waals surface area contributed by atoms with E-state index in [1.807, 2.05) is 27.7 Å². The number of aryl methyl sites for hydroxylation is 1. The number of benzene rings is 1. The number of ether oxygens (including phenoxy) is 1.